The summed E-state index contributed by atoms with van der Waals surface area (Å²) in [6.07, 6.45) is 3.91. The van der Waals surface area contributed by atoms with Crippen LogP contribution in [0.1, 0.15) is 42.5 Å². The molecule has 1 aliphatic heterocycles. The van der Waals surface area contributed by atoms with Crippen molar-refractivity contribution in [3.63, 3.8) is 0 Å². The number of carbonyl (C=O) groups excluding carboxylic acids is 2. The zero-order valence-electron chi connectivity index (χ0n) is 13.7. The van der Waals surface area contributed by atoms with Gasteiger partial charge < -0.3 is 14.6 Å². The van der Waals surface area contributed by atoms with E-state index < -0.39 is 6.04 Å². The molecule has 1 aromatic heterocycles. The molecule has 1 saturated heterocycles. The van der Waals surface area contributed by atoms with Gasteiger partial charge in [-0.05, 0) is 25.3 Å². The summed E-state index contributed by atoms with van der Waals surface area (Å²) in [6, 6.07) is 8.78. The fraction of sp³-hybridized carbons (Fsp3) is 0.389. The Balaban J connectivity index is 1.78. The molecule has 0 radical (unpaired) electrons. The molecule has 0 saturated carbocycles. The minimum absolute atomic E-state index is 0.0252. The normalized spacial score (nSPS) is 16.0. The zero-order valence-corrected chi connectivity index (χ0v) is 13.7. The van der Waals surface area contributed by atoms with Crippen molar-refractivity contribution in [3.8, 4) is 0 Å². The van der Waals surface area contributed by atoms with E-state index in [0.717, 1.165) is 18.4 Å². The number of hydrogen-bond acceptors (Lipinski definition) is 4. The molecule has 1 aromatic carbocycles. The number of benzene rings is 1. The summed E-state index contributed by atoms with van der Waals surface area (Å²) in [5.41, 5.74) is 0.814. The maximum Gasteiger partial charge on any atom is 0.247 e. The molecule has 6 heteroatoms. The van der Waals surface area contributed by atoms with Crippen LogP contribution in [-0.4, -0.2) is 28.2 Å². The van der Waals surface area contributed by atoms with Gasteiger partial charge in [-0.3, -0.25) is 9.59 Å². The lowest BCUT2D eigenvalue weighted by Crippen LogP contribution is -2.45. The van der Waals surface area contributed by atoms with Crippen LogP contribution in [0.2, 0.25) is 0 Å². The highest BCUT2D eigenvalue weighted by molar-refractivity contribution is 5.89. The van der Waals surface area contributed by atoms with E-state index in [1.54, 1.807) is 18.0 Å². The monoisotopic (exact) mass is 327 g/mol. The van der Waals surface area contributed by atoms with E-state index in [9.17, 15) is 9.59 Å². The second-order valence-electron chi connectivity index (χ2n) is 5.94. The Bertz CT molecular complexity index is 711. The number of aryl methyl sites for hydroxylation is 1. The van der Waals surface area contributed by atoms with Crippen LogP contribution in [0, 0.1) is 6.92 Å². The Morgan fingerprint density at radius 2 is 2.12 bits per heavy atom. The van der Waals surface area contributed by atoms with Gasteiger partial charge in [0, 0.05) is 13.0 Å². The van der Waals surface area contributed by atoms with Crippen molar-refractivity contribution >= 4 is 11.8 Å². The largest absolute Gasteiger partial charge is 0.444 e. The number of piperidine rings is 1. The minimum Gasteiger partial charge on any atom is -0.444 e. The van der Waals surface area contributed by atoms with Gasteiger partial charge in [-0.15, -0.1) is 0 Å². The molecular formula is C18H21N3O3. The number of nitrogens with zero attached hydrogens (tertiary/aromatic N) is 2. The lowest BCUT2D eigenvalue weighted by atomic mass is 10.0. The number of rotatable bonds is 5. The lowest BCUT2D eigenvalue weighted by Gasteiger charge is -2.34. The van der Waals surface area contributed by atoms with Gasteiger partial charge >= 0.3 is 0 Å². The lowest BCUT2D eigenvalue weighted by molar-refractivity contribution is -0.142. The predicted octanol–water partition coefficient (Wildman–Crippen LogP) is 2.35. The molecular weight excluding hydrogens is 306 g/mol. The minimum atomic E-state index is -0.616. The summed E-state index contributed by atoms with van der Waals surface area (Å²) in [4.78, 5) is 30.9. The molecule has 1 N–H and O–H groups in total. The van der Waals surface area contributed by atoms with E-state index in [1.807, 2.05) is 30.3 Å². The van der Waals surface area contributed by atoms with Crippen molar-refractivity contribution in [2.75, 3.05) is 6.54 Å². The average Bonchev–Trinajstić information content (AvgIpc) is 3.01. The molecule has 0 aliphatic carbocycles. The summed E-state index contributed by atoms with van der Waals surface area (Å²) in [5, 5.41) is 2.84. The molecule has 2 heterocycles. The van der Waals surface area contributed by atoms with E-state index in [0.29, 0.717) is 24.6 Å². The van der Waals surface area contributed by atoms with Gasteiger partial charge in [0.2, 0.25) is 17.7 Å². The van der Waals surface area contributed by atoms with Gasteiger partial charge in [0.05, 0.1) is 12.7 Å². The van der Waals surface area contributed by atoms with Crippen molar-refractivity contribution in [1.82, 2.24) is 15.2 Å². The topological polar surface area (TPSA) is 75.4 Å². The molecule has 1 aliphatic rings. The molecule has 1 fully saturated rings. The fourth-order valence-electron chi connectivity index (χ4n) is 2.95. The second kappa shape index (κ2) is 7.29. The van der Waals surface area contributed by atoms with E-state index in [4.69, 9.17) is 4.42 Å². The third-order valence-electron chi connectivity index (χ3n) is 4.12. The van der Waals surface area contributed by atoms with Crippen molar-refractivity contribution in [2.24, 2.45) is 0 Å². The standard InChI is InChI=1S/C18H21N3O3/c1-13-11-19-15(24-13)12-20-18(23)17(14-7-3-2-4-8-14)21-10-6-5-9-16(21)22/h2-4,7-8,11,17H,5-6,9-10,12H2,1H3,(H,20,23). The van der Waals surface area contributed by atoms with Crippen LogP contribution in [0.15, 0.2) is 40.9 Å². The number of hydrogen-bond donors (Lipinski definition) is 1. The highest BCUT2D eigenvalue weighted by Gasteiger charge is 2.32. The predicted molar refractivity (Wildman–Crippen MR) is 87.8 cm³/mol. The fourth-order valence-corrected chi connectivity index (χ4v) is 2.95. The van der Waals surface area contributed by atoms with Crippen LogP contribution in [0.4, 0.5) is 0 Å². The first kappa shape index (κ1) is 16.2. The number of likely N-dealkylation sites (tertiary alicyclic amines) is 1. The Labute approximate surface area is 140 Å². The summed E-state index contributed by atoms with van der Waals surface area (Å²) >= 11 is 0. The van der Waals surface area contributed by atoms with E-state index in [2.05, 4.69) is 10.3 Å². The van der Waals surface area contributed by atoms with Crippen LogP contribution in [0.5, 0.6) is 0 Å². The Morgan fingerprint density at radius 3 is 2.79 bits per heavy atom. The third-order valence-corrected chi connectivity index (χ3v) is 4.12. The summed E-state index contributed by atoms with van der Waals surface area (Å²) in [7, 11) is 0. The van der Waals surface area contributed by atoms with E-state index in [1.165, 1.54) is 0 Å². The van der Waals surface area contributed by atoms with Crippen LogP contribution in [-0.2, 0) is 16.1 Å². The molecule has 1 atom stereocenters. The number of carbonyl (C=O) groups is 2. The molecule has 0 bridgehead atoms. The van der Waals surface area contributed by atoms with Crippen molar-refractivity contribution < 1.29 is 14.0 Å². The van der Waals surface area contributed by atoms with E-state index >= 15 is 0 Å². The molecule has 3 rings (SSSR count). The maximum atomic E-state index is 12.8. The van der Waals surface area contributed by atoms with Crippen LogP contribution in [0.3, 0.4) is 0 Å². The number of amides is 2. The molecule has 0 spiro atoms. The molecule has 1 unspecified atom stereocenters. The zero-order chi connectivity index (χ0) is 16.9. The molecule has 24 heavy (non-hydrogen) atoms. The van der Waals surface area contributed by atoms with Gasteiger partial charge in [-0.2, -0.15) is 0 Å². The van der Waals surface area contributed by atoms with Gasteiger partial charge in [0.25, 0.3) is 0 Å². The molecule has 126 valence electrons. The van der Waals surface area contributed by atoms with E-state index in [-0.39, 0.29) is 18.4 Å². The van der Waals surface area contributed by atoms with Gasteiger partial charge in [0.1, 0.15) is 11.8 Å². The molecule has 6 nitrogen and oxygen atoms in total. The summed E-state index contributed by atoms with van der Waals surface area (Å²) in [6.45, 7) is 2.61. The third kappa shape index (κ3) is 3.64. The quantitative estimate of drug-likeness (QED) is 0.914. The first-order valence-corrected chi connectivity index (χ1v) is 8.18. The highest BCUT2D eigenvalue weighted by Crippen LogP contribution is 2.25. The number of oxazole rings is 1. The SMILES string of the molecule is Cc1cnc(CNC(=O)C(c2ccccc2)N2CCCCC2=O)o1. The average molecular weight is 327 g/mol. The summed E-state index contributed by atoms with van der Waals surface area (Å²) in [5.74, 6) is 0.965. The first-order chi connectivity index (χ1) is 11.6. The number of aromatic nitrogens is 1. The number of nitrogens with one attached hydrogen (secondary N) is 1. The summed E-state index contributed by atoms with van der Waals surface area (Å²) < 4.78 is 5.38. The first-order valence-electron chi connectivity index (χ1n) is 8.18. The van der Waals surface area contributed by atoms with Gasteiger partial charge in [0.15, 0.2) is 0 Å². The Morgan fingerprint density at radius 1 is 1.33 bits per heavy atom. The Kier molecular flexibility index (Phi) is 4.93. The smallest absolute Gasteiger partial charge is 0.247 e. The van der Waals surface area contributed by atoms with Crippen LogP contribution >= 0.6 is 0 Å². The van der Waals surface area contributed by atoms with Gasteiger partial charge in [-0.25, -0.2) is 4.98 Å². The van der Waals surface area contributed by atoms with Crippen LogP contribution < -0.4 is 5.32 Å². The van der Waals surface area contributed by atoms with Crippen molar-refractivity contribution in [1.29, 1.82) is 0 Å². The maximum absolute atomic E-state index is 12.8. The molecule has 2 amide bonds. The highest BCUT2D eigenvalue weighted by atomic mass is 16.4. The van der Waals surface area contributed by atoms with Gasteiger partial charge in [-0.1, -0.05) is 30.3 Å². The van der Waals surface area contributed by atoms with Crippen molar-refractivity contribution in [2.45, 2.75) is 38.8 Å². The second-order valence-corrected chi connectivity index (χ2v) is 5.94. The molecule has 2 aromatic rings. The Hall–Kier alpha value is -2.63. The van der Waals surface area contributed by atoms with Crippen molar-refractivity contribution in [3.05, 3.63) is 53.7 Å². The van der Waals surface area contributed by atoms with Crippen LogP contribution in [0.25, 0.3) is 0 Å².